The number of carbonyl (C=O) groups excluding carboxylic acids is 1. The summed E-state index contributed by atoms with van der Waals surface area (Å²) in [6.07, 6.45) is 33.4. The third-order valence-electron chi connectivity index (χ3n) is 3.90. The van der Waals surface area contributed by atoms with Gasteiger partial charge in [0, 0.05) is 17.1 Å². The molecule has 3 nitrogen and oxygen atoms in total. The Kier molecular flexibility index (Phi) is 19.4. The van der Waals surface area contributed by atoms with Gasteiger partial charge in [-0.3, -0.25) is 9.00 Å². The first kappa shape index (κ1) is 27.1. The lowest BCUT2D eigenvalue weighted by Crippen LogP contribution is -2.27. The minimum absolute atomic E-state index is 0.316. The molecule has 0 aromatic carbocycles. The highest BCUT2D eigenvalue weighted by molar-refractivity contribution is 7.85. The van der Waals surface area contributed by atoms with E-state index in [1.807, 2.05) is 12.2 Å². The molecule has 2 atom stereocenters. The molecule has 0 saturated carbocycles. The van der Waals surface area contributed by atoms with Crippen molar-refractivity contribution in [1.29, 1.82) is 0 Å². The standard InChI is InChI=1S/C25H38O3S/c1-4-6-7-8-9-10-11-12-13-14-15-16-17-18-19-20-21-22-23-24(29(3)27)25(26)28-5-2/h6-7,9-10,12-13,15-16,18-19,21-22,24H,4-5,8,11,14,17,20,23H2,1-3H3. The van der Waals surface area contributed by atoms with E-state index in [4.69, 9.17) is 4.74 Å². The van der Waals surface area contributed by atoms with Crippen molar-refractivity contribution in [2.24, 2.45) is 0 Å². The predicted molar refractivity (Wildman–Crippen MR) is 127 cm³/mol. The quantitative estimate of drug-likeness (QED) is 0.216. The molecule has 0 radical (unpaired) electrons. The van der Waals surface area contributed by atoms with E-state index in [1.54, 1.807) is 13.2 Å². The first-order valence-electron chi connectivity index (χ1n) is 10.5. The van der Waals surface area contributed by atoms with Crippen LogP contribution < -0.4 is 0 Å². The molecular formula is C25H38O3S. The second-order valence-corrected chi connectivity index (χ2v) is 7.96. The molecule has 0 bridgehead atoms. The number of carbonyl (C=O) groups is 1. The first-order valence-corrected chi connectivity index (χ1v) is 12.1. The lowest BCUT2D eigenvalue weighted by Gasteiger charge is -2.10. The van der Waals surface area contributed by atoms with Gasteiger partial charge in [0.25, 0.3) is 0 Å². The SMILES string of the molecule is CCC=CCC=CCC=CCC=CCC=CCC=CCC(C(=O)OCC)S(C)=O. The number of ether oxygens (including phenoxy) is 1. The van der Waals surface area contributed by atoms with Gasteiger partial charge in [-0.25, -0.2) is 0 Å². The molecule has 0 rings (SSSR count). The molecule has 29 heavy (non-hydrogen) atoms. The molecule has 2 unspecified atom stereocenters. The number of hydrogen-bond donors (Lipinski definition) is 0. The van der Waals surface area contributed by atoms with Crippen molar-refractivity contribution in [3.63, 3.8) is 0 Å². The van der Waals surface area contributed by atoms with E-state index in [-0.39, 0.29) is 5.97 Å². The summed E-state index contributed by atoms with van der Waals surface area (Å²) in [5.74, 6) is -0.382. The van der Waals surface area contributed by atoms with Crippen LogP contribution in [0.25, 0.3) is 0 Å². The monoisotopic (exact) mass is 418 g/mol. The maximum atomic E-state index is 11.7. The van der Waals surface area contributed by atoms with E-state index in [2.05, 4.69) is 67.7 Å². The fourth-order valence-electron chi connectivity index (χ4n) is 2.34. The lowest BCUT2D eigenvalue weighted by molar-refractivity contribution is -0.142. The lowest BCUT2D eigenvalue weighted by atomic mass is 10.2. The molecule has 162 valence electrons. The Bertz CT molecular complexity index is 610. The summed E-state index contributed by atoms with van der Waals surface area (Å²) in [7, 11) is -1.22. The summed E-state index contributed by atoms with van der Waals surface area (Å²) in [5, 5.41) is -0.570. The zero-order valence-electron chi connectivity index (χ0n) is 18.3. The van der Waals surface area contributed by atoms with Crippen LogP contribution in [0.15, 0.2) is 72.9 Å². The average molecular weight is 419 g/mol. The van der Waals surface area contributed by atoms with Crippen molar-refractivity contribution in [2.45, 2.75) is 64.0 Å². The summed E-state index contributed by atoms with van der Waals surface area (Å²) in [5.41, 5.74) is 0. The van der Waals surface area contributed by atoms with E-state index in [1.165, 1.54) is 0 Å². The Hall–Kier alpha value is -1.94. The van der Waals surface area contributed by atoms with Gasteiger partial charge < -0.3 is 4.74 Å². The van der Waals surface area contributed by atoms with Crippen LogP contribution in [0.3, 0.4) is 0 Å². The average Bonchev–Trinajstić information content (AvgIpc) is 2.69. The molecule has 0 aromatic heterocycles. The third kappa shape index (κ3) is 17.9. The Morgan fingerprint density at radius 1 is 0.724 bits per heavy atom. The van der Waals surface area contributed by atoms with Crippen LogP contribution in [0, 0.1) is 0 Å². The molecule has 0 fully saturated rings. The van der Waals surface area contributed by atoms with Crippen molar-refractivity contribution < 1.29 is 13.7 Å². The maximum absolute atomic E-state index is 11.7. The van der Waals surface area contributed by atoms with Crippen LogP contribution in [-0.4, -0.2) is 28.3 Å². The zero-order valence-corrected chi connectivity index (χ0v) is 19.1. The number of rotatable bonds is 16. The number of hydrogen-bond acceptors (Lipinski definition) is 3. The van der Waals surface area contributed by atoms with Crippen molar-refractivity contribution in [3.05, 3.63) is 72.9 Å². The molecule has 0 aliphatic rings. The zero-order chi connectivity index (χ0) is 21.6. The molecule has 0 aliphatic heterocycles. The van der Waals surface area contributed by atoms with Crippen molar-refractivity contribution >= 4 is 16.8 Å². The summed E-state index contributed by atoms with van der Waals surface area (Å²) in [6.45, 7) is 4.22. The van der Waals surface area contributed by atoms with Crippen LogP contribution in [-0.2, 0) is 20.3 Å². The highest BCUT2D eigenvalue weighted by Gasteiger charge is 2.21. The highest BCUT2D eigenvalue weighted by Crippen LogP contribution is 2.06. The van der Waals surface area contributed by atoms with Crippen LogP contribution in [0.5, 0.6) is 0 Å². The van der Waals surface area contributed by atoms with Crippen molar-refractivity contribution in [3.8, 4) is 0 Å². The molecule has 0 aliphatic carbocycles. The van der Waals surface area contributed by atoms with Crippen LogP contribution in [0.2, 0.25) is 0 Å². The Morgan fingerprint density at radius 2 is 1.10 bits per heavy atom. The third-order valence-corrected chi connectivity index (χ3v) is 5.08. The fourth-order valence-corrected chi connectivity index (χ4v) is 3.07. The summed E-state index contributed by atoms with van der Waals surface area (Å²) >= 11 is 0. The Balaban J connectivity index is 3.85. The van der Waals surface area contributed by atoms with E-state index < -0.39 is 16.0 Å². The fraction of sp³-hybridized carbons (Fsp3) is 0.480. The molecule has 0 aromatic rings. The van der Waals surface area contributed by atoms with E-state index in [9.17, 15) is 9.00 Å². The Morgan fingerprint density at radius 3 is 1.45 bits per heavy atom. The minimum Gasteiger partial charge on any atom is -0.465 e. The number of esters is 1. The maximum Gasteiger partial charge on any atom is 0.322 e. The molecule has 0 saturated heterocycles. The largest absolute Gasteiger partial charge is 0.465 e. The molecule has 4 heteroatoms. The van der Waals surface area contributed by atoms with Crippen LogP contribution >= 0.6 is 0 Å². The Labute approximate surface area is 180 Å². The molecular weight excluding hydrogens is 380 g/mol. The molecule has 0 N–H and O–H groups in total. The van der Waals surface area contributed by atoms with Gasteiger partial charge >= 0.3 is 5.97 Å². The smallest absolute Gasteiger partial charge is 0.322 e. The van der Waals surface area contributed by atoms with Crippen LogP contribution in [0.4, 0.5) is 0 Å². The van der Waals surface area contributed by atoms with Crippen LogP contribution in [0.1, 0.15) is 58.8 Å². The second-order valence-electron chi connectivity index (χ2n) is 6.39. The second kappa shape index (κ2) is 20.8. The van der Waals surface area contributed by atoms with Crippen molar-refractivity contribution in [2.75, 3.05) is 12.9 Å². The number of allylic oxidation sites excluding steroid dienone is 12. The molecule has 0 heterocycles. The van der Waals surface area contributed by atoms with E-state index in [0.717, 1.165) is 38.5 Å². The molecule has 0 amide bonds. The molecule has 0 spiro atoms. The van der Waals surface area contributed by atoms with Crippen molar-refractivity contribution in [1.82, 2.24) is 0 Å². The topological polar surface area (TPSA) is 43.4 Å². The van der Waals surface area contributed by atoms with Gasteiger partial charge in [0.15, 0.2) is 0 Å². The van der Waals surface area contributed by atoms with Gasteiger partial charge in [0.1, 0.15) is 5.25 Å². The van der Waals surface area contributed by atoms with Gasteiger partial charge in [-0.1, -0.05) is 79.8 Å². The van der Waals surface area contributed by atoms with Gasteiger partial charge in [0.05, 0.1) is 6.61 Å². The minimum atomic E-state index is -1.22. The first-order chi connectivity index (χ1) is 14.1. The summed E-state index contributed by atoms with van der Waals surface area (Å²) in [4.78, 5) is 11.7. The summed E-state index contributed by atoms with van der Waals surface area (Å²) in [6, 6.07) is 0. The predicted octanol–water partition coefficient (Wildman–Crippen LogP) is 6.38. The van der Waals surface area contributed by atoms with Gasteiger partial charge in [-0.2, -0.15) is 0 Å². The van der Waals surface area contributed by atoms with E-state index >= 15 is 0 Å². The van der Waals surface area contributed by atoms with Gasteiger partial charge in [0.2, 0.25) is 0 Å². The van der Waals surface area contributed by atoms with Gasteiger partial charge in [-0.15, -0.1) is 0 Å². The normalized spacial score (nSPS) is 15.0. The van der Waals surface area contributed by atoms with Gasteiger partial charge in [-0.05, 0) is 51.9 Å². The highest BCUT2D eigenvalue weighted by atomic mass is 32.2. The van der Waals surface area contributed by atoms with E-state index in [0.29, 0.717) is 13.0 Å². The summed E-state index contributed by atoms with van der Waals surface area (Å²) < 4.78 is 16.6.